The van der Waals surface area contributed by atoms with E-state index in [4.69, 9.17) is 0 Å². The first-order valence-corrected chi connectivity index (χ1v) is 7.23. The second kappa shape index (κ2) is 6.02. The summed E-state index contributed by atoms with van der Waals surface area (Å²) in [4.78, 5) is 2.53. The number of piperidine rings is 1. The van der Waals surface area contributed by atoms with Crippen LogP contribution in [0.5, 0.6) is 0 Å². The van der Waals surface area contributed by atoms with Crippen LogP contribution >= 0.6 is 0 Å². The van der Waals surface area contributed by atoms with E-state index in [1.54, 1.807) is 12.1 Å². The molecule has 0 spiro atoms. The molecule has 1 heterocycles. The summed E-state index contributed by atoms with van der Waals surface area (Å²) >= 11 is 0. The lowest BCUT2D eigenvalue weighted by Gasteiger charge is -2.45. The number of halogens is 1. The predicted molar refractivity (Wildman–Crippen MR) is 77.6 cm³/mol. The molecule has 1 aliphatic heterocycles. The molecule has 1 fully saturated rings. The van der Waals surface area contributed by atoms with E-state index in [9.17, 15) is 4.39 Å². The van der Waals surface area contributed by atoms with Crippen LogP contribution in [0.3, 0.4) is 0 Å². The molecule has 0 aliphatic carbocycles. The zero-order valence-electron chi connectivity index (χ0n) is 12.4. The Hall–Kier alpha value is -0.930. The minimum Gasteiger partial charge on any atom is -0.317 e. The normalized spacial score (nSPS) is 30.3. The molecular weight excluding hydrogens is 239 g/mol. The fourth-order valence-corrected chi connectivity index (χ4v) is 3.28. The van der Waals surface area contributed by atoms with Crippen LogP contribution in [0.2, 0.25) is 0 Å². The molecule has 4 unspecified atom stereocenters. The molecule has 3 heteroatoms. The Bertz CT molecular complexity index is 404. The number of likely N-dealkylation sites (tertiary alicyclic amines) is 1. The van der Waals surface area contributed by atoms with Crippen LogP contribution in [0.1, 0.15) is 38.8 Å². The van der Waals surface area contributed by atoms with Gasteiger partial charge in [0.05, 0.1) is 0 Å². The number of hydrogen-bond acceptors (Lipinski definition) is 2. The van der Waals surface area contributed by atoms with Gasteiger partial charge in [-0.1, -0.05) is 19.1 Å². The molecule has 2 rings (SSSR count). The van der Waals surface area contributed by atoms with Crippen LogP contribution < -0.4 is 5.32 Å². The van der Waals surface area contributed by atoms with E-state index in [2.05, 4.69) is 31.0 Å². The molecule has 0 saturated carbocycles. The Balaban J connectivity index is 2.11. The van der Waals surface area contributed by atoms with Crippen LogP contribution in [0, 0.1) is 11.7 Å². The Labute approximate surface area is 116 Å². The van der Waals surface area contributed by atoms with Crippen molar-refractivity contribution in [2.75, 3.05) is 13.6 Å². The highest BCUT2D eigenvalue weighted by atomic mass is 19.1. The summed E-state index contributed by atoms with van der Waals surface area (Å²) in [5.74, 6) is 0.466. The van der Waals surface area contributed by atoms with Crippen molar-refractivity contribution in [3.05, 3.63) is 35.6 Å². The molecule has 2 nitrogen and oxygen atoms in total. The average molecular weight is 264 g/mol. The highest BCUT2D eigenvalue weighted by Crippen LogP contribution is 2.31. The van der Waals surface area contributed by atoms with Gasteiger partial charge in [-0.2, -0.15) is 0 Å². The van der Waals surface area contributed by atoms with Gasteiger partial charge in [-0.05, 0) is 50.9 Å². The highest BCUT2D eigenvalue weighted by molar-refractivity contribution is 5.20. The lowest BCUT2D eigenvalue weighted by Crippen LogP contribution is -2.53. The molecule has 106 valence electrons. The molecule has 4 atom stereocenters. The van der Waals surface area contributed by atoms with Crippen molar-refractivity contribution in [2.45, 2.75) is 45.3 Å². The molecule has 0 amide bonds. The molecule has 1 aliphatic rings. The van der Waals surface area contributed by atoms with Crippen molar-refractivity contribution in [3.63, 3.8) is 0 Å². The molecule has 1 aromatic carbocycles. The number of rotatable bonds is 3. The minimum absolute atomic E-state index is 0.161. The van der Waals surface area contributed by atoms with E-state index < -0.39 is 0 Å². The van der Waals surface area contributed by atoms with Gasteiger partial charge in [-0.15, -0.1) is 0 Å². The molecule has 1 N–H and O–H groups in total. The second-order valence-corrected chi connectivity index (χ2v) is 5.75. The van der Waals surface area contributed by atoms with Crippen LogP contribution in [0.4, 0.5) is 4.39 Å². The number of hydrogen-bond donors (Lipinski definition) is 1. The lowest BCUT2D eigenvalue weighted by atomic mass is 9.85. The number of nitrogens with zero attached hydrogens (tertiary/aromatic N) is 1. The van der Waals surface area contributed by atoms with Crippen molar-refractivity contribution in [3.8, 4) is 0 Å². The lowest BCUT2D eigenvalue weighted by molar-refractivity contribution is 0.0545. The fourth-order valence-electron chi connectivity index (χ4n) is 3.28. The van der Waals surface area contributed by atoms with Crippen molar-refractivity contribution in [1.82, 2.24) is 10.2 Å². The summed E-state index contributed by atoms with van der Waals surface area (Å²) in [5.41, 5.74) is 1.20. The van der Waals surface area contributed by atoms with Crippen LogP contribution in [-0.2, 0) is 0 Å². The molecule has 19 heavy (non-hydrogen) atoms. The maximum Gasteiger partial charge on any atom is 0.123 e. The highest BCUT2D eigenvalue weighted by Gasteiger charge is 2.34. The third-order valence-electron chi connectivity index (χ3n) is 4.84. The Morgan fingerprint density at radius 2 is 1.89 bits per heavy atom. The van der Waals surface area contributed by atoms with E-state index in [1.165, 1.54) is 12.0 Å². The predicted octanol–water partition coefficient (Wildman–Crippen LogP) is 3.21. The topological polar surface area (TPSA) is 15.3 Å². The average Bonchev–Trinajstić information content (AvgIpc) is 2.42. The van der Waals surface area contributed by atoms with Gasteiger partial charge in [0, 0.05) is 24.7 Å². The first-order valence-electron chi connectivity index (χ1n) is 7.23. The third-order valence-corrected chi connectivity index (χ3v) is 4.84. The first-order chi connectivity index (χ1) is 9.04. The smallest absolute Gasteiger partial charge is 0.123 e. The van der Waals surface area contributed by atoms with E-state index in [0.29, 0.717) is 24.0 Å². The summed E-state index contributed by atoms with van der Waals surface area (Å²) in [6.07, 6.45) is 1.17. The molecular formula is C16H25FN2. The minimum atomic E-state index is -0.161. The zero-order chi connectivity index (χ0) is 14.0. The van der Waals surface area contributed by atoms with Crippen LogP contribution in [-0.4, -0.2) is 30.6 Å². The van der Waals surface area contributed by atoms with Gasteiger partial charge in [0.2, 0.25) is 0 Å². The summed E-state index contributed by atoms with van der Waals surface area (Å²) in [7, 11) is 2.05. The maximum atomic E-state index is 13.0. The Morgan fingerprint density at radius 1 is 1.26 bits per heavy atom. The van der Waals surface area contributed by atoms with Gasteiger partial charge in [-0.25, -0.2) is 4.39 Å². The quantitative estimate of drug-likeness (QED) is 0.902. The zero-order valence-corrected chi connectivity index (χ0v) is 12.4. The monoisotopic (exact) mass is 264 g/mol. The van der Waals surface area contributed by atoms with Gasteiger partial charge in [0.1, 0.15) is 5.82 Å². The van der Waals surface area contributed by atoms with E-state index in [1.807, 2.05) is 19.2 Å². The SMILES string of the molecule is CNC1CCN(C(C)c2ccc(F)cc2)C(C)C1C. The Morgan fingerprint density at radius 3 is 2.47 bits per heavy atom. The molecule has 0 bridgehead atoms. The van der Waals surface area contributed by atoms with Gasteiger partial charge in [0.25, 0.3) is 0 Å². The molecule has 0 radical (unpaired) electrons. The van der Waals surface area contributed by atoms with Gasteiger partial charge >= 0.3 is 0 Å². The maximum absolute atomic E-state index is 13.0. The van der Waals surface area contributed by atoms with Crippen molar-refractivity contribution >= 4 is 0 Å². The number of nitrogens with one attached hydrogen (secondary N) is 1. The van der Waals surface area contributed by atoms with Crippen LogP contribution in [0.25, 0.3) is 0 Å². The van der Waals surface area contributed by atoms with E-state index in [-0.39, 0.29) is 5.82 Å². The first kappa shape index (κ1) is 14.5. The van der Waals surface area contributed by atoms with E-state index >= 15 is 0 Å². The summed E-state index contributed by atoms with van der Waals surface area (Å²) in [6, 6.07) is 8.40. The van der Waals surface area contributed by atoms with Gasteiger partial charge in [-0.3, -0.25) is 4.90 Å². The summed E-state index contributed by atoms with van der Waals surface area (Å²) in [6.45, 7) is 7.93. The van der Waals surface area contributed by atoms with E-state index in [0.717, 1.165) is 6.54 Å². The third kappa shape index (κ3) is 2.98. The van der Waals surface area contributed by atoms with Crippen molar-refractivity contribution < 1.29 is 4.39 Å². The fraction of sp³-hybridized carbons (Fsp3) is 0.625. The molecule has 1 aromatic rings. The van der Waals surface area contributed by atoms with Crippen molar-refractivity contribution in [1.29, 1.82) is 0 Å². The number of benzene rings is 1. The van der Waals surface area contributed by atoms with Crippen LogP contribution in [0.15, 0.2) is 24.3 Å². The van der Waals surface area contributed by atoms with Gasteiger partial charge in [0.15, 0.2) is 0 Å². The van der Waals surface area contributed by atoms with Crippen molar-refractivity contribution in [2.24, 2.45) is 5.92 Å². The van der Waals surface area contributed by atoms with Gasteiger partial charge < -0.3 is 5.32 Å². The largest absolute Gasteiger partial charge is 0.317 e. The standard InChI is InChI=1S/C16H25FN2/c1-11-12(2)19(10-9-16(11)18-4)13(3)14-5-7-15(17)8-6-14/h5-8,11-13,16,18H,9-10H2,1-4H3. The summed E-state index contributed by atoms with van der Waals surface area (Å²) in [5, 5.41) is 3.41. The molecule has 1 saturated heterocycles. The Kier molecular flexibility index (Phi) is 4.58. The summed E-state index contributed by atoms with van der Waals surface area (Å²) < 4.78 is 13.0. The second-order valence-electron chi connectivity index (χ2n) is 5.75. The molecule has 0 aromatic heterocycles.